The number of carbonyl (C=O) groups is 2. The minimum absolute atomic E-state index is 0.0526. The molecule has 0 radical (unpaired) electrons. The molecule has 0 aliphatic carbocycles. The highest BCUT2D eigenvalue weighted by Gasteiger charge is 2.16. The van der Waals surface area contributed by atoms with Gasteiger partial charge in [0.25, 0.3) is 0 Å². The number of terminal acetylenes is 1. The number of amides is 2. The van der Waals surface area contributed by atoms with E-state index in [2.05, 4.69) is 11.2 Å². The van der Waals surface area contributed by atoms with E-state index in [9.17, 15) is 9.59 Å². The quantitative estimate of drug-likeness (QED) is 0.812. The van der Waals surface area contributed by atoms with Gasteiger partial charge in [0, 0.05) is 5.69 Å². The fraction of sp³-hybridized carbons (Fsp3) is 0.286. The smallest absolute Gasteiger partial charge is 0.323 e. The standard InChI is InChI=1S/C14H16N2O3/c1-4-8-16(9-13(17)18)14(19)15-12-7-5-6-10(2)11(12)3/h1,5-7H,8-9H2,2-3H3,(H,15,19)(H,17,18). The summed E-state index contributed by atoms with van der Waals surface area (Å²) in [6.45, 7) is 3.33. The number of nitrogens with zero attached hydrogens (tertiary/aromatic N) is 1. The van der Waals surface area contributed by atoms with Crippen LogP contribution < -0.4 is 5.32 Å². The Morgan fingerprint density at radius 1 is 1.42 bits per heavy atom. The number of hydrogen-bond acceptors (Lipinski definition) is 2. The molecule has 0 heterocycles. The molecular weight excluding hydrogens is 244 g/mol. The Labute approximate surface area is 112 Å². The maximum Gasteiger partial charge on any atom is 0.323 e. The molecule has 0 unspecified atom stereocenters. The van der Waals surface area contributed by atoms with Crippen molar-refractivity contribution in [1.29, 1.82) is 0 Å². The van der Waals surface area contributed by atoms with Crippen LogP contribution in [0.15, 0.2) is 18.2 Å². The summed E-state index contributed by atoms with van der Waals surface area (Å²) in [4.78, 5) is 23.7. The third-order valence-corrected chi connectivity index (χ3v) is 2.74. The summed E-state index contributed by atoms with van der Waals surface area (Å²) in [5.41, 5.74) is 2.63. The first kappa shape index (κ1) is 14.6. The third-order valence-electron chi connectivity index (χ3n) is 2.74. The van der Waals surface area contributed by atoms with Gasteiger partial charge < -0.3 is 15.3 Å². The molecule has 0 atom stereocenters. The number of urea groups is 1. The summed E-state index contributed by atoms with van der Waals surface area (Å²) in [5, 5.41) is 11.4. The van der Waals surface area contributed by atoms with E-state index in [1.54, 1.807) is 6.07 Å². The van der Waals surface area contributed by atoms with Crippen molar-refractivity contribution >= 4 is 17.7 Å². The van der Waals surface area contributed by atoms with Gasteiger partial charge in [-0.1, -0.05) is 18.1 Å². The molecule has 100 valence electrons. The van der Waals surface area contributed by atoms with Gasteiger partial charge in [0.1, 0.15) is 6.54 Å². The van der Waals surface area contributed by atoms with Crippen molar-refractivity contribution in [2.24, 2.45) is 0 Å². The van der Waals surface area contributed by atoms with Crippen molar-refractivity contribution in [2.75, 3.05) is 18.4 Å². The fourth-order valence-corrected chi connectivity index (χ4v) is 1.55. The van der Waals surface area contributed by atoms with Crippen molar-refractivity contribution < 1.29 is 14.7 Å². The Kier molecular flexibility index (Phi) is 4.95. The average molecular weight is 260 g/mol. The van der Waals surface area contributed by atoms with Gasteiger partial charge in [0.05, 0.1) is 6.54 Å². The second-order valence-corrected chi connectivity index (χ2v) is 4.13. The minimum atomic E-state index is -1.11. The van der Waals surface area contributed by atoms with E-state index in [-0.39, 0.29) is 6.54 Å². The predicted octanol–water partition coefficient (Wildman–Crippen LogP) is 1.86. The Bertz CT molecular complexity index is 532. The SMILES string of the molecule is C#CCN(CC(=O)O)C(=O)Nc1cccc(C)c1C. The number of aryl methyl sites for hydroxylation is 1. The zero-order valence-corrected chi connectivity index (χ0v) is 10.9. The first-order valence-corrected chi connectivity index (χ1v) is 5.73. The second-order valence-electron chi connectivity index (χ2n) is 4.13. The third kappa shape index (κ3) is 4.03. The Morgan fingerprint density at radius 2 is 2.11 bits per heavy atom. The molecule has 0 saturated carbocycles. The van der Waals surface area contributed by atoms with E-state index >= 15 is 0 Å². The lowest BCUT2D eigenvalue weighted by atomic mass is 10.1. The van der Waals surface area contributed by atoms with Gasteiger partial charge in [0.15, 0.2) is 0 Å². The molecule has 1 aromatic carbocycles. The molecule has 0 aromatic heterocycles. The number of carbonyl (C=O) groups excluding carboxylic acids is 1. The van der Waals surface area contributed by atoms with Crippen LogP contribution in [0.25, 0.3) is 0 Å². The molecule has 0 aliphatic heterocycles. The van der Waals surface area contributed by atoms with Crippen molar-refractivity contribution in [3.05, 3.63) is 29.3 Å². The predicted molar refractivity (Wildman–Crippen MR) is 73.0 cm³/mol. The Hall–Kier alpha value is -2.48. The van der Waals surface area contributed by atoms with Crippen LogP contribution in [0.2, 0.25) is 0 Å². The lowest BCUT2D eigenvalue weighted by Gasteiger charge is -2.19. The van der Waals surface area contributed by atoms with E-state index in [0.29, 0.717) is 5.69 Å². The van der Waals surface area contributed by atoms with Crippen LogP contribution in [0.5, 0.6) is 0 Å². The summed E-state index contributed by atoms with van der Waals surface area (Å²) >= 11 is 0. The largest absolute Gasteiger partial charge is 0.480 e. The number of aliphatic carboxylic acids is 1. The molecule has 2 N–H and O–H groups in total. The molecule has 2 amide bonds. The lowest BCUT2D eigenvalue weighted by Crippen LogP contribution is -2.39. The van der Waals surface area contributed by atoms with Crippen molar-refractivity contribution in [1.82, 2.24) is 4.90 Å². The van der Waals surface area contributed by atoms with Gasteiger partial charge in [-0.2, -0.15) is 0 Å². The van der Waals surface area contributed by atoms with E-state index < -0.39 is 18.5 Å². The monoisotopic (exact) mass is 260 g/mol. The van der Waals surface area contributed by atoms with Crippen molar-refractivity contribution in [3.8, 4) is 12.3 Å². The zero-order valence-electron chi connectivity index (χ0n) is 10.9. The van der Waals surface area contributed by atoms with Gasteiger partial charge in [-0.15, -0.1) is 6.42 Å². The molecule has 0 bridgehead atoms. The van der Waals surface area contributed by atoms with Crippen LogP contribution in [-0.2, 0) is 4.79 Å². The first-order valence-electron chi connectivity index (χ1n) is 5.73. The summed E-state index contributed by atoms with van der Waals surface area (Å²) < 4.78 is 0. The normalized spacial score (nSPS) is 9.53. The topological polar surface area (TPSA) is 69.6 Å². The number of anilines is 1. The molecule has 1 rings (SSSR count). The molecule has 1 aromatic rings. The molecule has 19 heavy (non-hydrogen) atoms. The van der Waals surface area contributed by atoms with Crippen LogP contribution in [0.1, 0.15) is 11.1 Å². The van der Waals surface area contributed by atoms with E-state index in [4.69, 9.17) is 11.5 Å². The van der Waals surface area contributed by atoms with Gasteiger partial charge >= 0.3 is 12.0 Å². The summed E-state index contributed by atoms with van der Waals surface area (Å²) in [6.07, 6.45) is 5.13. The number of carboxylic acid groups (broad SMARTS) is 1. The minimum Gasteiger partial charge on any atom is -0.480 e. The number of rotatable bonds is 4. The number of nitrogens with one attached hydrogen (secondary N) is 1. The van der Waals surface area contributed by atoms with Crippen LogP contribution >= 0.6 is 0 Å². The summed E-state index contributed by atoms with van der Waals surface area (Å²) in [5.74, 6) is 1.16. The maximum atomic E-state index is 12.0. The maximum absolute atomic E-state index is 12.0. The van der Waals surface area contributed by atoms with Gasteiger partial charge in [-0.05, 0) is 31.0 Å². The lowest BCUT2D eigenvalue weighted by molar-refractivity contribution is -0.137. The van der Waals surface area contributed by atoms with E-state index in [0.717, 1.165) is 16.0 Å². The van der Waals surface area contributed by atoms with Crippen molar-refractivity contribution in [3.63, 3.8) is 0 Å². The zero-order chi connectivity index (χ0) is 14.4. The second kappa shape index (κ2) is 6.45. The van der Waals surface area contributed by atoms with Crippen molar-refractivity contribution in [2.45, 2.75) is 13.8 Å². The highest BCUT2D eigenvalue weighted by Crippen LogP contribution is 2.18. The molecule has 0 fully saturated rings. The molecule has 0 spiro atoms. The molecule has 0 aliphatic rings. The molecule has 5 heteroatoms. The van der Waals surface area contributed by atoms with Gasteiger partial charge in [-0.25, -0.2) is 4.79 Å². The first-order chi connectivity index (χ1) is 8.95. The number of benzene rings is 1. The number of hydrogen-bond donors (Lipinski definition) is 2. The van der Waals surface area contributed by atoms with Gasteiger partial charge in [-0.3, -0.25) is 4.79 Å². The number of carboxylic acids is 1. The van der Waals surface area contributed by atoms with Gasteiger partial charge in [0.2, 0.25) is 0 Å². The fourth-order valence-electron chi connectivity index (χ4n) is 1.55. The highest BCUT2D eigenvalue weighted by molar-refractivity contribution is 5.92. The molecule has 5 nitrogen and oxygen atoms in total. The molecular formula is C14H16N2O3. The summed E-state index contributed by atoms with van der Waals surface area (Å²) in [6, 6.07) is 4.99. The van der Waals surface area contributed by atoms with Crippen LogP contribution in [0.4, 0.5) is 10.5 Å². The molecule has 0 saturated heterocycles. The van der Waals surface area contributed by atoms with Crippen LogP contribution in [0.3, 0.4) is 0 Å². The average Bonchev–Trinajstić information content (AvgIpc) is 2.34. The Morgan fingerprint density at radius 3 is 2.68 bits per heavy atom. The highest BCUT2D eigenvalue weighted by atomic mass is 16.4. The van der Waals surface area contributed by atoms with E-state index in [1.165, 1.54) is 0 Å². The Balaban J connectivity index is 2.84. The van der Waals surface area contributed by atoms with Crippen LogP contribution in [0, 0.1) is 26.2 Å². The van der Waals surface area contributed by atoms with Crippen LogP contribution in [-0.4, -0.2) is 35.1 Å². The van der Waals surface area contributed by atoms with E-state index in [1.807, 2.05) is 26.0 Å². The summed E-state index contributed by atoms with van der Waals surface area (Å²) in [7, 11) is 0.